The Kier molecular flexibility index (Phi) is 5.86. The number of aromatic nitrogens is 1. The summed E-state index contributed by atoms with van der Waals surface area (Å²) in [7, 11) is 2.21. The second-order valence-electron chi connectivity index (χ2n) is 6.78. The molecule has 24 heavy (non-hydrogen) atoms. The van der Waals surface area contributed by atoms with E-state index in [0.717, 1.165) is 30.0 Å². The molecule has 1 aromatic heterocycles. The van der Waals surface area contributed by atoms with E-state index < -0.39 is 0 Å². The van der Waals surface area contributed by atoms with E-state index in [-0.39, 0.29) is 12.3 Å². The molecule has 0 spiro atoms. The molecule has 2 aromatic rings. The summed E-state index contributed by atoms with van der Waals surface area (Å²) < 4.78 is 5.24. The minimum absolute atomic E-state index is 0.00868. The molecule has 0 saturated heterocycles. The number of hydrogen-bond donors (Lipinski definition) is 1. The number of amides is 1. The van der Waals surface area contributed by atoms with Gasteiger partial charge in [-0.1, -0.05) is 36.6 Å². The molecule has 0 bridgehead atoms. The van der Waals surface area contributed by atoms with Crippen molar-refractivity contribution in [3.05, 3.63) is 30.0 Å². The van der Waals surface area contributed by atoms with Gasteiger partial charge in [0.25, 0.3) is 0 Å². The summed E-state index contributed by atoms with van der Waals surface area (Å²) in [5, 5.41) is 7.93. The van der Waals surface area contributed by atoms with Gasteiger partial charge in [-0.3, -0.25) is 4.79 Å². The highest BCUT2D eigenvalue weighted by Crippen LogP contribution is 2.21. The van der Waals surface area contributed by atoms with Crippen LogP contribution in [0.5, 0.6) is 0 Å². The van der Waals surface area contributed by atoms with Crippen molar-refractivity contribution in [2.75, 3.05) is 20.1 Å². The van der Waals surface area contributed by atoms with Crippen molar-refractivity contribution in [3.8, 4) is 0 Å². The first-order valence-electron chi connectivity index (χ1n) is 9.04. The van der Waals surface area contributed by atoms with E-state index in [9.17, 15) is 4.79 Å². The summed E-state index contributed by atoms with van der Waals surface area (Å²) in [5.74, 6) is 0.00868. The topological polar surface area (TPSA) is 58.4 Å². The van der Waals surface area contributed by atoms with Crippen molar-refractivity contribution in [1.29, 1.82) is 0 Å². The van der Waals surface area contributed by atoms with E-state index in [1.807, 2.05) is 24.3 Å². The van der Waals surface area contributed by atoms with Crippen LogP contribution in [0.15, 0.2) is 28.8 Å². The van der Waals surface area contributed by atoms with E-state index in [2.05, 4.69) is 22.4 Å². The molecule has 3 rings (SSSR count). The predicted octanol–water partition coefficient (Wildman–Crippen LogP) is 3.14. The monoisotopic (exact) mass is 329 g/mol. The van der Waals surface area contributed by atoms with E-state index >= 15 is 0 Å². The summed E-state index contributed by atoms with van der Waals surface area (Å²) in [5.41, 5.74) is 1.44. The molecule has 5 heteroatoms. The molecule has 1 amide bonds. The number of carbonyl (C=O) groups excluding carboxylic acids is 1. The zero-order valence-corrected chi connectivity index (χ0v) is 14.5. The number of hydrogen-bond acceptors (Lipinski definition) is 4. The lowest BCUT2D eigenvalue weighted by molar-refractivity contribution is -0.120. The van der Waals surface area contributed by atoms with Crippen LogP contribution in [-0.2, 0) is 11.2 Å². The maximum absolute atomic E-state index is 12.1. The third-order valence-corrected chi connectivity index (χ3v) is 4.99. The van der Waals surface area contributed by atoms with Crippen LogP contribution in [0.2, 0.25) is 0 Å². The highest BCUT2D eigenvalue weighted by atomic mass is 16.5. The van der Waals surface area contributed by atoms with Gasteiger partial charge in [-0.15, -0.1) is 0 Å². The zero-order chi connectivity index (χ0) is 16.8. The zero-order valence-electron chi connectivity index (χ0n) is 14.5. The van der Waals surface area contributed by atoms with Gasteiger partial charge in [0.2, 0.25) is 5.91 Å². The Hall–Kier alpha value is -1.88. The van der Waals surface area contributed by atoms with Crippen molar-refractivity contribution in [2.45, 2.75) is 51.0 Å². The Balaban J connectivity index is 1.38. The second-order valence-corrected chi connectivity index (χ2v) is 6.78. The van der Waals surface area contributed by atoms with Gasteiger partial charge in [0.15, 0.2) is 5.58 Å². The van der Waals surface area contributed by atoms with Gasteiger partial charge in [-0.25, -0.2) is 0 Å². The molecule has 1 N–H and O–H groups in total. The quantitative estimate of drug-likeness (QED) is 0.793. The Morgan fingerprint density at radius 2 is 2.08 bits per heavy atom. The van der Waals surface area contributed by atoms with Gasteiger partial charge in [0.1, 0.15) is 5.69 Å². The van der Waals surface area contributed by atoms with Gasteiger partial charge in [-0.2, -0.15) is 0 Å². The summed E-state index contributed by atoms with van der Waals surface area (Å²) in [6.07, 6.45) is 8.00. The molecule has 1 saturated carbocycles. The summed E-state index contributed by atoms with van der Waals surface area (Å²) in [4.78, 5) is 14.5. The van der Waals surface area contributed by atoms with Crippen LogP contribution in [0.3, 0.4) is 0 Å². The summed E-state index contributed by atoms with van der Waals surface area (Å²) in [6.45, 7) is 1.75. The van der Waals surface area contributed by atoms with Crippen molar-refractivity contribution in [2.24, 2.45) is 0 Å². The molecular formula is C19H27N3O2. The molecule has 1 aliphatic rings. The number of benzene rings is 1. The number of para-hydroxylation sites is 1. The number of nitrogens with zero attached hydrogens (tertiary/aromatic N) is 2. The standard InChI is InChI=1S/C19H27N3O2/c1-22(15-8-3-2-4-9-15)13-7-12-20-19(23)14-17-16-10-5-6-11-18(16)24-21-17/h5-6,10-11,15H,2-4,7-9,12-14H2,1H3,(H,20,23). The molecule has 0 atom stereocenters. The van der Waals surface area contributed by atoms with Crippen molar-refractivity contribution in [1.82, 2.24) is 15.4 Å². The Morgan fingerprint density at radius 1 is 1.29 bits per heavy atom. The summed E-state index contributed by atoms with van der Waals surface area (Å²) >= 11 is 0. The molecule has 0 aliphatic heterocycles. The van der Waals surface area contributed by atoms with Crippen molar-refractivity contribution < 1.29 is 9.32 Å². The lowest BCUT2D eigenvalue weighted by Crippen LogP contribution is -2.36. The van der Waals surface area contributed by atoms with Crippen LogP contribution in [0, 0.1) is 0 Å². The van der Waals surface area contributed by atoms with Crippen LogP contribution in [-0.4, -0.2) is 42.1 Å². The largest absolute Gasteiger partial charge is 0.356 e. The maximum Gasteiger partial charge on any atom is 0.226 e. The number of carbonyl (C=O) groups is 1. The van der Waals surface area contributed by atoms with Crippen molar-refractivity contribution in [3.63, 3.8) is 0 Å². The molecule has 1 fully saturated rings. The van der Waals surface area contributed by atoms with Gasteiger partial charge in [0, 0.05) is 18.0 Å². The van der Waals surface area contributed by atoms with Crippen molar-refractivity contribution >= 4 is 16.9 Å². The SMILES string of the molecule is CN(CCCNC(=O)Cc1noc2ccccc12)C1CCCCC1. The first-order valence-corrected chi connectivity index (χ1v) is 9.04. The highest BCUT2D eigenvalue weighted by molar-refractivity contribution is 5.86. The van der Waals surface area contributed by atoms with Crippen LogP contribution < -0.4 is 5.32 Å². The predicted molar refractivity (Wildman–Crippen MR) is 94.8 cm³/mol. The average molecular weight is 329 g/mol. The highest BCUT2D eigenvalue weighted by Gasteiger charge is 2.17. The average Bonchev–Trinajstić information content (AvgIpc) is 3.02. The molecular weight excluding hydrogens is 302 g/mol. The maximum atomic E-state index is 12.1. The van der Waals surface area contributed by atoms with Crippen LogP contribution in [0.1, 0.15) is 44.2 Å². The lowest BCUT2D eigenvalue weighted by Gasteiger charge is -2.31. The number of fused-ring (bicyclic) bond motifs is 1. The van der Waals surface area contributed by atoms with Crippen LogP contribution in [0.4, 0.5) is 0 Å². The second kappa shape index (κ2) is 8.29. The van der Waals surface area contributed by atoms with E-state index in [1.54, 1.807) is 0 Å². The Morgan fingerprint density at radius 3 is 2.92 bits per heavy atom. The molecule has 1 aromatic carbocycles. The summed E-state index contributed by atoms with van der Waals surface area (Å²) in [6, 6.07) is 8.37. The first kappa shape index (κ1) is 17.0. The van der Waals surface area contributed by atoms with E-state index in [0.29, 0.717) is 12.2 Å². The smallest absolute Gasteiger partial charge is 0.226 e. The van der Waals surface area contributed by atoms with Gasteiger partial charge in [0.05, 0.1) is 6.42 Å². The molecule has 130 valence electrons. The normalized spacial score (nSPS) is 15.9. The third-order valence-electron chi connectivity index (χ3n) is 4.99. The molecule has 0 radical (unpaired) electrons. The fraction of sp³-hybridized carbons (Fsp3) is 0.579. The molecule has 1 aliphatic carbocycles. The van der Waals surface area contributed by atoms with E-state index in [4.69, 9.17) is 4.52 Å². The lowest BCUT2D eigenvalue weighted by atomic mass is 9.94. The fourth-order valence-corrected chi connectivity index (χ4v) is 3.54. The van der Waals surface area contributed by atoms with Gasteiger partial charge in [-0.05, 0) is 45.0 Å². The minimum Gasteiger partial charge on any atom is -0.356 e. The third kappa shape index (κ3) is 4.35. The Labute approximate surface area is 143 Å². The van der Waals surface area contributed by atoms with Gasteiger partial charge < -0.3 is 14.7 Å². The fourth-order valence-electron chi connectivity index (χ4n) is 3.54. The number of nitrogens with one attached hydrogen (secondary N) is 1. The first-order chi connectivity index (χ1) is 11.7. The van der Waals surface area contributed by atoms with E-state index in [1.165, 1.54) is 32.1 Å². The van der Waals surface area contributed by atoms with Crippen LogP contribution >= 0.6 is 0 Å². The molecule has 0 unspecified atom stereocenters. The molecule has 5 nitrogen and oxygen atoms in total. The minimum atomic E-state index is 0.00868. The Bertz CT molecular complexity index is 661. The van der Waals surface area contributed by atoms with Crippen LogP contribution in [0.25, 0.3) is 11.0 Å². The molecule has 1 heterocycles. The number of rotatable bonds is 7. The van der Waals surface area contributed by atoms with Gasteiger partial charge >= 0.3 is 0 Å².